The minimum atomic E-state index is 0.553. The molecule has 0 radical (unpaired) electrons. The molecule has 3 N–H and O–H groups in total. The van der Waals surface area contributed by atoms with Gasteiger partial charge in [0.15, 0.2) is 0 Å². The lowest BCUT2D eigenvalue weighted by Gasteiger charge is -2.21. The summed E-state index contributed by atoms with van der Waals surface area (Å²) in [5.74, 6) is 5.67. The maximum atomic E-state index is 5.67. The highest BCUT2D eigenvalue weighted by Gasteiger charge is 2.07. The van der Waals surface area contributed by atoms with Gasteiger partial charge in [-0.05, 0) is 6.07 Å². The van der Waals surface area contributed by atoms with Gasteiger partial charge in [0.05, 0.1) is 12.0 Å². The first-order valence-corrected chi connectivity index (χ1v) is 4.92. The third-order valence-electron chi connectivity index (χ3n) is 2.12. The molecular weight excluding hydrogens is 202 g/mol. The van der Waals surface area contributed by atoms with E-state index in [4.69, 9.17) is 5.84 Å². The maximum Gasteiger partial charge on any atom is 0.124 e. The van der Waals surface area contributed by atoms with Crippen molar-refractivity contribution in [2.45, 2.75) is 0 Å². The molecule has 1 aliphatic rings. The van der Waals surface area contributed by atoms with Gasteiger partial charge in [0.1, 0.15) is 6.67 Å². The average molecular weight is 215 g/mol. The van der Waals surface area contributed by atoms with Crippen molar-refractivity contribution in [2.75, 3.05) is 11.7 Å². The fourth-order valence-corrected chi connectivity index (χ4v) is 1.38. The second kappa shape index (κ2) is 5.09. The summed E-state index contributed by atoms with van der Waals surface area (Å²) in [6.07, 6.45) is 6.93. The summed E-state index contributed by atoms with van der Waals surface area (Å²) in [7, 11) is 0. The molecule has 0 aliphatic carbocycles. The lowest BCUT2D eigenvalue weighted by Crippen LogP contribution is -2.33. The van der Waals surface area contributed by atoms with Crippen LogP contribution in [0, 0.1) is 0 Å². The molecule has 0 spiro atoms. The van der Waals surface area contributed by atoms with E-state index in [1.165, 1.54) is 0 Å². The molecule has 5 heteroatoms. The summed E-state index contributed by atoms with van der Waals surface area (Å²) in [5, 5.41) is 1.63. The maximum absolute atomic E-state index is 5.67. The molecular formula is C11H13N5. The monoisotopic (exact) mass is 215 g/mol. The highest BCUT2D eigenvalue weighted by atomic mass is 15.4. The van der Waals surface area contributed by atoms with E-state index in [2.05, 4.69) is 15.0 Å². The molecule has 2 aromatic rings. The molecule has 1 aliphatic heterocycles. The highest BCUT2D eigenvalue weighted by molar-refractivity contribution is 5.89. The standard InChI is InChI=1S/C8H9N3.C3H4N2/c9-11-6-10-5-7-3-1-2-4-8(7)11;1-2-5-3-4-1/h1-5H,6,9H2;1-3H,(H,4,5). The first kappa shape index (κ1) is 10.4. The number of aromatic amines is 1. The van der Waals surface area contributed by atoms with E-state index in [-0.39, 0.29) is 0 Å². The number of nitrogens with zero attached hydrogens (tertiary/aromatic N) is 3. The van der Waals surface area contributed by atoms with E-state index in [9.17, 15) is 0 Å². The van der Waals surface area contributed by atoms with Crippen molar-refractivity contribution < 1.29 is 0 Å². The number of benzene rings is 1. The largest absolute Gasteiger partial charge is 0.351 e. The number of hydrogen-bond acceptors (Lipinski definition) is 4. The van der Waals surface area contributed by atoms with Gasteiger partial charge in [-0.3, -0.25) is 10.0 Å². The van der Waals surface area contributed by atoms with Gasteiger partial charge in [0.25, 0.3) is 0 Å². The SMILES string of the molecule is NN1CN=Cc2ccccc21.c1c[nH]cn1. The number of aliphatic imine (C=N–C) groups is 1. The molecule has 0 fully saturated rings. The summed E-state index contributed by atoms with van der Waals surface area (Å²) in [5.41, 5.74) is 2.13. The molecule has 16 heavy (non-hydrogen) atoms. The number of imidazole rings is 1. The molecule has 0 bridgehead atoms. The minimum Gasteiger partial charge on any atom is -0.351 e. The van der Waals surface area contributed by atoms with Crippen molar-refractivity contribution in [2.24, 2.45) is 10.8 Å². The van der Waals surface area contributed by atoms with Gasteiger partial charge in [-0.2, -0.15) is 0 Å². The lowest BCUT2D eigenvalue weighted by molar-refractivity contribution is 0.857. The van der Waals surface area contributed by atoms with Crippen molar-refractivity contribution in [3.05, 3.63) is 48.5 Å². The van der Waals surface area contributed by atoms with Crippen LogP contribution in [-0.4, -0.2) is 22.9 Å². The van der Waals surface area contributed by atoms with E-state index in [1.807, 2.05) is 30.5 Å². The van der Waals surface area contributed by atoms with Crippen LogP contribution in [0.2, 0.25) is 0 Å². The van der Waals surface area contributed by atoms with Crippen LogP contribution in [0.1, 0.15) is 5.56 Å². The summed E-state index contributed by atoms with van der Waals surface area (Å²) in [6.45, 7) is 0.553. The summed E-state index contributed by atoms with van der Waals surface area (Å²) < 4.78 is 0. The Labute approximate surface area is 93.6 Å². The van der Waals surface area contributed by atoms with Crippen LogP contribution in [0.15, 0.2) is 48.0 Å². The Morgan fingerprint density at radius 2 is 2.19 bits per heavy atom. The lowest BCUT2D eigenvalue weighted by atomic mass is 10.2. The number of hydrogen-bond donors (Lipinski definition) is 2. The molecule has 0 saturated heterocycles. The van der Waals surface area contributed by atoms with Crippen molar-refractivity contribution in [3.8, 4) is 0 Å². The van der Waals surface area contributed by atoms with Crippen LogP contribution in [0.25, 0.3) is 0 Å². The molecule has 0 saturated carbocycles. The van der Waals surface area contributed by atoms with Gasteiger partial charge in [-0.15, -0.1) is 0 Å². The number of nitrogens with one attached hydrogen (secondary N) is 1. The molecule has 5 nitrogen and oxygen atoms in total. The quantitative estimate of drug-likeness (QED) is 0.648. The molecule has 2 heterocycles. The molecule has 0 amide bonds. The number of para-hydroxylation sites is 1. The first-order valence-electron chi connectivity index (χ1n) is 4.92. The molecule has 82 valence electrons. The van der Waals surface area contributed by atoms with Crippen molar-refractivity contribution >= 4 is 11.9 Å². The zero-order valence-corrected chi connectivity index (χ0v) is 8.74. The summed E-state index contributed by atoms with van der Waals surface area (Å²) in [6, 6.07) is 7.93. The number of H-pyrrole nitrogens is 1. The molecule has 0 atom stereocenters. The first-order chi connectivity index (χ1) is 7.88. The Bertz CT molecular complexity index is 432. The van der Waals surface area contributed by atoms with Crippen LogP contribution in [0.5, 0.6) is 0 Å². The predicted octanol–water partition coefficient (Wildman–Crippen LogP) is 1.17. The van der Waals surface area contributed by atoms with Gasteiger partial charge in [0.2, 0.25) is 0 Å². The van der Waals surface area contributed by atoms with Crippen LogP contribution >= 0.6 is 0 Å². The second-order valence-corrected chi connectivity index (χ2v) is 3.24. The highest BCUT2D eigenvalue weighted by Crippen LogP contribution is 2.18. The van der Waals surface area contributed by atoms with E-state index in [1.54, 1.807) is 23.7 Å². The zero-order valence-electron chi connectivity index (χ0n) is 8.74. The van der Waals surface area contributed by atoms with Crippen molar-refractivity contribution in [1.29, 1.82) is 0 Å². The van der Waals surface area contributed by atoms with Gasteiger partial charge in [-0.25, -0.2) is 10.8 Å². The number of nitrogens with two attached hydrogens (primary N) is 1. The minimum absolute atomic E-state index is 0.553. The Balaban J connectivity index is 0.000000162. The van der Waals surface area contributed by atoms with E-state index in [0.29, 0.717) is 6.67 Å². The van der Waals surface area contributed by atoms with E-state index < -0.39 is 0 Å². The van der Waals surface area contributed by atoms with Crippen LogP contribution in [0.3, 0.4) is 0 Å². The zero-order chi connectivity index (χ0) is 11.2. The van der Waals surface area contributed by atoms with Gasteiger partial charge >= 0.3 is 0 Å². The summed E-state index contributed by atoms with van der Waals surface area (Å²) in [4.78, 5) is 10.5. The molecule has 0 unspecified atom stereocenters. The Kier molecular flexibility index (Phi) is 3.30. The van der Waals surface area contributed by atoms with Gasteiger partial charge in [0, 0.05) is 24.2 Å². The molecule has 1 aromatic heterocycles. The topological polar surface area (TPSA) is 70.3 Å². The number of anilines is 1. The fraction of sp³-hybridized carbons (Fsp3) is 0.0909. The number of rotatable bonds is 0. The van der Waals surface area contributed by atoms with Gasteiger partial charge in [-0.1, -0.05) is 18.2 Å². The average Bonchev–Trinajstić information content (AvgIpc) is 2.88. The number of fused-ring (bicyclic) bond motifs is 1. The normalized spacial score (nSPS) is 12.7. The fourth-order valence-electron chi connectivity index (χ4n) is 1.38. The van der Waals surface area contributed by atoms with Crippen LogP contribution in [0.4, 0.5) is 5.69 Å². The van der Waals surface area contributed by atoms with Crippen LogP contribution < -0.4 is 10.9 Å². The Morgan fingerprint density at radius 1 is 1.31 bits per heavy atom. The Hall–Kier alpha value is -2.14. The van der Waals surface area contributed by atoms with E-state index in [0.717, 1.165) is 11.3 Å². The second-order valence-electron chi connectivity index (χ2n) is 3.24. The molecule has 3 rings (SSSR count). The third-order valence-corrected chi connectivity index (χ3v) is 2.12. The number of aromatic nitrogens is 2. The predicted molar refractivity (Wildman–Crippen MR) is 64.2 cm³/mol. The van der Waals surface area contributed by atoms with Crippen molar-refractivity contribution in [1.82, 2.24) is 9.97 Å². The number of hydrazine groups is 1. The van der Waals surface area contributed by atoms with Crippen molar-refractivity contribution in [3.63, 3.8) is 0 Å². The Morgan fingerprint density at radius 3 is 2.81 bits per heavy atom. The van der Waals surface area contributed by atoms with E-state index >= 15 is 0 Å². The van der Waals surface area contributed by atoms with Crippen LogP contribution in [-0.2, 0) is 0 Å². The molecule has 1 aromatic carbocycles. The summed E-state index contributed by atoms with van der Waals surface area (Å²) >= 11 is 0. The third kappa shape index (κ3) is 2.46. The van der Waals surface area contributed by atoms with Gasteiger partial charge < -0.3 is 4.98 Å². The smallest absolute Gasteiger partial charge is 0.124 e.